The van der Waals surface area contributed by atoms with E-state index in [2.05, 4.69) is 5.32 Å². The molecule has 0 radical (unpaired) electrons. The maximum atomic E-state index is 11.8. The van der Waals surface area contributed by atoms with Crippen LogP contribution in [0.4, 0.5) is 8.78 Å². The second kappa shape index (κ2) is 4.45. The lowest BCUT2D eigenvalue weighted by atomic mass is 10.1. The number of nitrogens with one attached hydrogen (secondary N) is 1. The molecule has 1 amide bonds. The molecule has 0 bridgehead atoms. The van der Waals surface area contributed by atoms with Gasteiger partial charge in [0.15, 0.2) is 0 Å². The van der Waals surface area contributed by atoms with Gasteiger partial charge in [0.2, 0.25) is 12.2 Å². The second-order valence-corrected chi connectivity index (χ2v) is 3.35. The number of nitrogens with two attached hydrogens (primary N) is 1. The predicted octanol–water partition coefficient (Wildman–Crippen LogP) is -0.183. The molecule has 3 N–H and O–H groups in total. The Morgan fingerprint density at radius 1 is 1.43 bits per heavy atom. The van der Waals surface area contributed by atoms with Crippen molar-refractivity contribution in [2.24, 2.45) is 5.73 Å². The quantitative estimate of drug-likeness (QED) is 0.613. The second-order valence-electron chi connectivity index (χ2n) is 3.35. The molecule has 6 heteroatoms. The van der Waals surface area contributed by atoms with Crippen LogP contribution in [0, 0.1) is 0 Å². The standard InChI is InChI=1S/C8H12F2N2O2/c9-6(10)3-5(11)7(13)8(14)12-4-1-2-4/h4-6H,1-3,11H2,(H,12,14). The summed E-state index contributed by atoms with van der Waals surface area (Å²) < 4.78 is 23.6. The van der Waals surface area contributed by atoms with Gasteiger partial charge in [-0.25, -0.2) is 8.78 Å². The summed E-state index contributed by atoms with van der Waals surface area (Å²) in [4.78, 5) is 22.1. The minimum absolute atomic E-state index is 0.0326. The van der Waals surface area contributed by atoms with Gasteiger partial charge >= 0.3 is 0 Å². The third-order valence-corrected chi connectivity index (χ3v) is 1.91. The molecule has 1 aliphatic carbocycles. The Hall–Kier alpha value is -1.04. The van der Waals surface area contributed by atoms with Gasteiger partial charge < -0.3 is 11.1 Å². The minimum atomic E-state index is -2.66. The van der Waals surface area contributed by atoms with E-state index in [9.17, 15) is 18.4 Å². The summed E-state index contributed by atoms with van der Waals surface area (Å²) in [6, 6.07) is -1.36. The van der Waals surface area contributed by atoms with E-state index in [0.717, 1.165) is 12.8 Å². The lowest BCUT2D eigenvalue weighted by Gasteiger charge is -2.09. The van der Waals surface area contributed by atoms with Gasteiger partial charge in [0.1, 0.15) is 0 Å². The molecule has 1 fully saturated rings. The van der Waals surface area contributed by atoms with Crippen LogP contribution in [0.1, 0.15) is 19.3 Å². The van der Waals surface area contributed by atoms with Crippen LogP contribution in [0.15, 0.2) is 0 Å². The van der Waals surface area contributed by atoms with Crippen molar-refractivity contribution in [2.45, 2.75) is 37.8 Å². The smallest absolute Gasteiger partial charge is 0.289 e. The highest BCUT2D eigenvalue weighted by atomic mass is 19.3. The van der Waals surface area contributed by atoms with Crippen LogP contribution in [-0.2, 0) is 9.59 Å². The number of carbonyl (C=O) groups excluding carboxylic acids is 2. The summed E-state index contributed by atoms with van der Waals surface area (Å²) in [5, 5.41) is 2.39. The van der Waals surface area contributed by atoms with Gasteiger partial charge in [0.05, 0.1) is 6.04 Å². The summed E-state index contributed by atoms with van der Waals surface area (Å²) in [6.07, 6.45) is -1.76. The van der Waals surface area contributed by atoms with Gasteiger partial charge in [-0.1, -0.05) is 0 Å². The molecular weight excluding hydrogens is 194 g/mol. The summed E-state index contributed by atoms with van der Waals surface area (Å²) in [6.45, 7) is 0. The van der Waals surface area contributed by atoms with Crippen LogP contribution in [-0.4, -0.2) is 30.2 Å². The molecule has 0 aliphatic heterocycles. The zero-order valence-corrected chi connectivity index (χ0v) is 7.50. The average Bonchev–Trinajstić information content (AvgIpc) is 2.85. The molecule has 1 aliphatic rings. The highest BCUT2D eigenvalue weighted by Crippen LogP contribution is 2.18. The molecule has 0 aromatic rings. The maximum Gasteiger partial charge on any atom is 0.289 e. The van der Waals surface area contributed by atoms with Crippen molar-refractivity contribution in [1.29, 1.82) is 0 Å². The Labute approximate surface area is 79.8 Å². The third-order valence-electron chi connectivity index (χ3n) is 1.91. The fraction of sp³-hybridized carbons (Fsp3) is 0.750. The van der Waals surface area contributed by atoms with Crippen LogP contribution in [0.25, 0.3) is 0 Å². The highest BCUT2D eigenvalue weighted by Gasteiger charge is 2.30. The van der Waals surface area contributed by atoms with Crippen molar-refractivity contribution in [1.82, 2.24) is 5.32 Å². The van der Waals surface area contributed by atoms with Crippen LogP contribution in [0.2, 0.25) is 0 Å². The number of halogens is 2. The van der Waals surface area contributed by atoms with Gasteiger partial charge in [0, 0.05) is 12.5 Å². The first-order chi connectivity index (χ1) is 6.50. The van der Waals surface area contributed by atoms with Crippen LogP contribution >= 0.6 is 0 Å². The van der Waals surface area contributed by atoms with Gasteiger partial charge in [-0.05, 0) is 12.8 Å². The van der Waals surface area contributed by atoms with Crippen molar-refractivity contribution < 1.29 is 18.4 Å². The molecule has 4 nitrogen and oxygen atoms in total. The summed E-state index contributed by atoms with van der Waals surface area (Å²) in [7, 11) is 0. The number of Topliss-reactive ketones (excluding diaryl/α,β-unsaturated/α-hetero) is 1. The molecule has 1 saturated carbocycles. The van der Waals surface area contributed by atoms with E-state index in [4.69, 9.17) is 5.73 Å². The molecule has 1 unspecified atom stereocenters. The van der Waals surface area contributed by atoms with Crippen LogP contribution < -0.4 is 11.1 Å². The SMILES string of the molecule is NC(CC(F)F)C(=O)C(=O)NC1CC1. The molecule has 0 aromatic heterocycles. The van der Waals surface area contributed by atoms with Crippen molar-refractivity contribution in [2.75, 3.05) is 0 Å². The van der Waals surface area contributed by atoms with Gasteiger partial charge in [-0.2, -0.15) is 0 Å². The summed E-state index contributed by atoms with van der Waals surface area (Å²) in [5.41, 5.74) is 5.12. The Morgan fingerprint density at radius 2 is 2.00 bits per heavy atom. The van der Waals surface area contributed by atoms with Crippen LogP contribution in [0.3, 0.4) is 0 Å². The number of carbonyl (C=O) groups is 2. The fourth-order valence-corrected chi connectivity index (χ4v) is 0.952. The number of amides is 1. The van der Waals surface area contributed by atoms with E-state index in [1.165, 1.54) is 0 Å². The Morgan fingerprint density at radius 3 is 2.43 bits per heavy atom. The normalized spacial score (nSPS) is 18.0. The number of hydrogen-bond donors (Lipinski definition) is 2. The number of alkyl halides is 2. The monoisotopic (exact) mass is 206 g/mol. The molecule has 1 rings (SSSR count). The average molecular weight is 206 g/mol. The van der Waals surface area contributed by atoms with Gasteiger partial charge in [-0.15, -0.1) is 0 Å². The van der Waals surface area contributed by atoms with E-state index >= 15 is 0 Å². The Bertz CT molecular complexity index is 241. The molecule has 0 aromatic carbocycles. The largest absolute Gasteiger partial charge is 0.347 e. The topological polar surface area (TPSA) is 72.2 Å². The zero-order valence-electron chi connectivity index (χ0n) is 7.50. The molecule has 1 atom stereocenters. The highest BCUT2D eigenvalue weighted by molar-refractivity contribution is 6.38. The fourth-order valence-electron chi connectivity index (χ4n) is 0.952. The van der Waals surface area contributed by atoms with Crippen LogP contribution in [0.5, 0.6) is 0 Å². The molecule has 80 valence electrons. The Balaban J connectivity index is 2.33. The first-order valence-electron chi connectivity index (χ1n) is 4.39. The number of hydrogen-bond acceptors (Lipinski definition) is 3. The molecular formula is C8H12F2N2O2. The molecule has 14 heavy (non-hydrogen) atoms. The van der Waals surface area contributed by atoms with E-state index in [1.807, 2.05) is 0 Å². The van der Waals surface area contributed by atoms with E-state index in [-0.39, 0.29) is 6.04 Å². The van der Waals surface area contributed by atoms with Crippen molar-refractivity contribution in [3.8, 4) is 0 Å². The number of rotatable bonds is 5. The first kappa shape index (κ1) is 11.0. The van der Waals surface area contributed by atoms with Crippen molar-refractivity contribution in [3.63, 3.8) is 0 Å². The molecule has 0 spiro atoms. The van der Waals surface area contributed by atoms with Gasteiger partial charge in [-0.3, -0.25) is 9.59 Å². The van der Waals surface area contributed by atoms with E-state index in [0.29, 0.717) is 0 Å². The molecule has 0 saturated heterocycles. The lowest BCUT2D eigenvalue weighted by molar-refractivity contribution is -0.139. The summed E-state index contributed by atoms with van der Waals surface area (Å²) >= 11 is 0. The third kappa shape index (κ3) is 3.37. The van der Waals surface area contributed by atoms with Gasteiger partial charge in [0.25, 0.3) is 5.91 Å². The van der Waals surface area contributed by atoms with Crippen molar-refractivity contribution in [3.05, 3.63) is 0 Å². The maximum absolute atomic E-state index is 11.8. The van der Waals surface area contributed by atoms with Crippen molar-refractivity contribution >= 4 is 11.7 Å². The van der Waals surface area contributed by atoms with E-state index in [1.54, 1.807) is 0 Å². The number of ketones is 1. The first-order valence-corrected chi connectivity index (χ1v) is 4.39. The Kier molecular flexibility index (Phi) is 3.51. The van der Waals surface area contributed by atoms with E-state index < -0.39 is 30.6 Å². The molecule has 0 heterocycles. The lowest BCUT2D eigenvalue weighted by Crippen LogP contribution is -2.44. The minimum Gasteiger partial charge on any atom is -0.347 e. The predicted molar refractivity (Wildman–Crippen MR) is 44.8 cm³/mol. The zero-order chi connectivity index (χ0) is 10.7. The summed E-state index contributed by atoms with van der Waals surface area (Å²) in [5.74, 6) is -1.81.